The van der Waals surface area contributed by atoms with Gasteiger partial charge in [0.25, 0.3) is 0 Å². The van der Waals surface area contributed by atoms with E-state index in [1.54, 1.807) is 20.3 Å². The van der Waals surface area contributed by atoms with Gasteiger partial charge in [0.05, 0.1) is 31.0 Å². The molecule has 140 valence electrons. The number of benzene rings is 2. The molecule has 2 aromatic carbocycles. The Morgan fingerprint density at radius 3 is 2.74 bits per heavy atom. The molecular weight excluding hydrogens is 364 g/mol. The number of methoxy groups -OCH3 is 2. The Morgan fingerprint density at radius 2 is 2.00 bits per heavy atom. The number of carbonyl (C=O) groups is 1. The standard InChI is InChI=1S/C20H20N2O4S/c1-4-26-16-9-5-13(11-17(16)25-3)6-10-19(23)22-20-21-15-8-7-14(24-2)12-18(15)27-20/h5-12H,4H2,1-3H3,(H,21,22,23)/b10-6+. The number of aromatic nitrogens is 1. The summed E-state index contributed by atoms with van der Waals surface area (Å²) < 4.78 is 17.0. The quantitative estimate of drug-likeness (QED) is 0.613. The number of hydrogen-bond donors (Lipinski definition) is 1. The molecule has 7 heteroatoms. The molecule has 27 heavy (non-hydrogen) atoms. The first-order valence-corrected chi connectivity index (χ1v) is 9.19. The van der Waals surface area contributed by atoms with Gasteiger partial charge in [0.2, 0.25) is 5.91 Å². The van der Waals surface area contributed by atoms with Gasteiger partial charge in [-0.2, -0.15) is 0 Å². The summed E-state index contributed by atoms with van der Waals surface area (Å²) in [5.41, 5.74) is 1.65. The van der Waals surface area contributed by atoms with Gasteiger partial charge in [-0.05, 0) is 48.9 Å². The fourth-order valence-electron chi connectivity index (χ4n) is 2.47. The summed E-state index contributed by atoms with van der Waals surface area (Å²) in [4.78, 5) is 16.6. The first-order chi connectivity index (χ1) is 13.1. The molecule has 6 nitrogen and oxygen atoms in total. The normalized spacial score (nSPS) is 10.9. The summed E-state index contributed by atoms with van der Waals surface area (Å²) in [6, 6.07) is 11.1. The molecule has 1 amide bonds. The molecule has 0 atom stereocenters. The van der Waals surface area contributed by atoms with Gasteiger partial charge in [0, 0.05) is 6.08 Å². The second kappa shape index (κ2) is 8.55. The zero-order valence-corrected chi connectivity index (χ0v) is 16.1. The maximum absolute atomic E-state index is 12.2. The van der Waals surface area contributed by atoms with E-state index >= 15 is 0 Å². The summed E-state index contributed by atoms with van der Waals surface area (Å²) >= 11 is 1.40. The summed E-state index contributed by atoms with van der Waals surface area (Å²) in [6.45, 7) is 2.47. The summed E-state index contributed by atoms with van der Waals surface area (Å²) in [5, 5.41) is 3.32. The fraction of sp³-hybridized carbons (Fsp3) is 0.200. The molecule has 0 spiro atoms. The maximum Gasteiger partial charge on any atom is 0.250 e. The number of anilines is 1. The van der Waals surface area contributed by atoms with Crippen molar-refractivity contribution in [2.45, 2.75) is 6.92 Å². The zero-order chi connectivity index (χ0) is 19.2. The second-order valence-corrected chi connectivity index (χ2v) is 6.55. The molecule has 0 fully saturated rings. The maximum atomic E-state index is 12.2. The summed E-state index contributed by atoms with van der Waals surface area (Å²) in [7, 11) is 3.20. The van der Waals surface area contributed by atoms with E-state index in [9.17, 15) is 4.79 Å². The molecule has 0 aliphatic heterocycles. The number of amides is 1. The number of thiazole rings is 1. The molecule has 1 heterocycles. The van der Waals surface area contributed by atoms with E-state index in [-0.39, 0.29) is 5.91 Å². The summed E-state index contributed by atoms with van der Waals surface area (Å²) in [6.07, 6.45) is 3.17. The Labute approximate surface area is 161 Å². The molecule has 0 saturated heterocycles. The third kappa shape index (κ3) is 4.57. The summed E-state index contributed by atoms with van der Waals surface area (Å²) in [5.74, 6) is 1.80. The Hall–Kier alpha value is -3.06. The van der Waals surface area contributed by atoms with Crippen LogP contribution in [-0.2, 0) is 4.79 Å². The van der Waals surface area contributed by atoms with Crippen LogP contribution in [-0.4, -0.2) is 31.7 Å². The highest BCUT2D eigenvalue weighted by Crippen LogP contribution is 2.30. The van der Waals surface area contributed by atoms with E-state index in [1.165, 1.54) is 17.4 Å². The molecule has 0 aliphatic rings. The first-order valence-electron chi connectivity index (χ1n) is 8.37. The van der Waals surface area contributed by atoms with Crippen LogP contribution in [0.5, 0.6) is 17.2 Å². The van der Waals surface area contributed by atoms with E-state index in [4.69, 9.17) is 14.2 Å². The van der Waals surface area contributed by atoms with Crippen LogP contribution in [0.25, 0.3) is 16.3 Å². The molecule has 3 rings (SSSR count). The Morgan fingerprint density at radius 1 is 1.15 bits per heavy atom. The predicted molar refractivity (Wildman–Crippen MR) is 108 cm³/mol. The largest absolute Gasteiger partial charge is 0.497 e. The third-order valence-electron chi connectivity index (χ3n) is 3.74. The van der Waals surface area contributed by atoms with E-state index in [0.717, 1.165) is 21.5 Å². The lowest BCUT2D eigenvalue weighted by atomic mass is 10.2. The number of fused-ring (bicyclic) bond motifs is 1. The van der Waals surface area contributed by atoms with Gasteiger partial charge in [0.1, 0.15) is 5.75 Å². The van der Waals surface area contributed by atoms with Crippen LogP contribution in [0.2, 0.25) is 0 Å². The van der Waals surface area contributed by atoms with E-state index in [2.05, 4.69) is 10.3 Å². The Balaban J connectivity index is 1.70. The zero-order valence-electron chi connectivity index (χ0n) is 15.3. The third-order valence-corrected chi connectivity index (χ3v) is 4.67. The molecule has 1 aromatic heterocycles. The molecule has 0 unspecified atom stereocenters. The van der Waals surface area contributed by atoms with Crippen LogP contribution in [0.3, 0.4) is 0 Å². The fourth-order valence-corrected chi connectivity index (χ4v) is 3.36. The lowest BCUT2D eigenvalue weighted by Crippen LogP contribution is -2.07. The molecular formula is C20H20N2O4S. The minimum Gasteiger partial charge on any atom is -0.497 e. The van der Waals surface area contributed by atoms with Gasteiger partial charge in [-0.3, -0.25) is 10.1 Å². The van der Waals surface area contributed by atoms with Crippen molar-refractivity contribution in [1.82, 2.24) is 4.98 Å². The molecule has 0 saturated carbocycles. The number of hydrogen-bond acceptors (Lipinski definition) is 6. The average Bonchev–Trinajstić information content (AvgIpc) is 3.08. The van der Waals surface area contributed by atoms with Crippen molar-refractivity contribution in [1.29, 1.82) is 0 Å². The molecule has 0 radical (unpaired) electrons. The van der Waals surface area contributed by atoms with Crippen LogP contribution in [0.15, 0.2) is 42.5 Å². The van der Waals surface area contributed by atoms with Gasteiger partial charge in [-0.15, -0.1) is 0 Å². The highest BCUT2D eigenvalue weighted by Gasteiger charge is 2.08. The number of carbonyl (C=O) groups excluding carboxylic acids is 1. The van der Waals surface area contributed by atoms with Crippen LogP contribution in [0.1, 0.15) is 12.5 Å². The lowest BCUT2D eigenvalue weighted by molar-refractivity contribution is -0.111. The van der Waals surface area contributed by atoms with Crippen molar-refractivity contribution in [3.8, 4) is 17.2 Å². The topological polar surface area (TPSA) is 69.7 Å². The number of nitrogens with zero attached hydrogens (tertiary/aromatic N) is 1. The monoisotopic (exact) mass is 384 g/mol. The van der Waals surface area contributed by atoms with Crippen LogP contribution >= 0.6 is 11.3 Å². The van der Waals surface area contributed by atoms with Crippen molar-refractivity contribution in [2.24, 2.45) is 0 Å². The van der Waals surface area contributed by atoms with E-state index in [1.807, 2.05) is 43.3 Å². The first kappa shape index (κ1) is 18.7. The molecule has 3 aromatic rings. The van der Waals surface area contributed by atoms with Gasteiger partial charge in [-0.1, -0.05) is 17.4 Å². The molecule has 0 aliphatic carbocycles. The van der Waals surface area contributed by atoms with Gasteiger partial charge >= 0.3 is 0 Å². The predicted octanol–water partition coefficient (Wildman–Crippen LogP) is 4.36. The molecule has 0 bridgehead atoms. The van der Waals surface area contributed by atoms with Crippen molar-refractivity contribution >= 4 is 38.7 Å². The van der Waals surface area contributed by atoms with Crippen molar-refractivity contribution < 1.29 is 19.0 Å². The van der Waals surface area contributed by atoms with Gasteiger partial charge in [0.15, 0.2) is 16.6 Å². The van der Waals surface area contributed by atoms with Crippen molar-refractivity contribution in [3.05, 3.63) is 48.0 Å². The molecule has 1 N–H and O–H groups in total. The number of rotatable bonds is 7. The van der Waals surface area contributed by atoms with Crippen LogP contribution < -0.4 is 19.5 Å². The van der Waals surface area contributed by atoms with Crippen LogP contribution in [0, 0.1) is 0 Å². The highest BCUT2D eigenvalue weighted by molar-refractivity contribution is 7.22. The SMILES string of the molecule is CCOc1ccc(/C=C/C(=O)Nc2nc3ccc(OC)cc3s2)cc1OC. The Bertz CT molecular complexity index is 981. The smallest absolute Gasteiger partial charge is 0.250 e. The van der Waals surface area contributed by atoms with Crippen LogP contribution in [0.4, 0.5) is 5.13 Å². The average molecular weight is 384 g/mol. The Kier molecular flexibility index (Phi) is 5.93. The lowest BCUT2D eigenvalue weighted by Gasteiger charge is -2.09. The van der Waals surface area contributed by atoms with Crippen molar-refractivity contribution in [2.75, 3.05) is 26.1 Å². The minimum atomic E-state index is -0.256. The van der Waals surface area contributed by atoms with E-state index < -0.39 is 0 Å². The van der Waals surface area contributed by atoms with Gasteiger partial charge < -0.3 is 14.2 Å². The van der Waals surface area contributed by atoms with Crippen molar-refractivity contribution in [3.63, 3.8) is 0 Å². The highest BCUT2D eigenvalue weighted by atomic mass is 32.1. The minimum absolute atomic E-state index is 0.256. The second-order valence-electron chi connectivity index (χ2n) is 5.52. The van der Waals surface area contributed by atoms with Gasteiger partial charge in [-0.25, -0.2) is 4.98 Å². The number of nitrogens with one attached hydrogen (secondary N) is 1. The number of ether oxygens (including phenoxy) is 3. The van der Waals surface area contributed by atoms with E-state index in [0.29, 0.717) is 23.2 Å².